The van der Waals surface area contributed by atoms with Gasteiger partial charge in [-0.2, -0.15) is 0 Å². The number of hydrogen-bond acceptors (Lipinski definition) is 4. The molecule has 34 heavy (non-hydrogen) atoms. The molecule has 0 saturated carbocycles. The van der Waals surface area contributed by atoms with Crippen molar-refractivity contribution in [2.24, 2.45) is 0 Å². The minimum absolute atomic E-state index is 0.0201. The molecule has 0 unspecified atom stereocenters. The van der Waals surface area contributed by atoms with Gasteiger partial charge in [-0.25, -0.2) is 4.79 Å². The number of nitrogens with zero attached hydrogens (tertiary/aromatic N) is 1. The van der Waals surface area contributed by atoms with Crippen molar-refractivity contribution >= 4 is 59.5 Å². The van der Waals surface area contributed by atoms with Crippen LogP contribution in [0.5, 0.6) is 5.75 Å². The molecule has 0 aromatic heterocycles. The fourth-order valence-corrected chi connectivity index (χ4v) is 5.64. The van der Waals surface area contributed by atoms with E-state index in [1.54, 1.807) is 13.2 Å². The standard InChI is InChI=1S/C27H36INO4Si/c1-19-15-21(11-14-25(31)33-27(2,3)4)26(23(16-19)34(6,7)8)29(24(30)17-28)18-20-9-12-22(32-5)13-10-20/h9-16H,17-18H2,1-8H3/b14-11+. The molecule has 2 rings (SSSR count). The summed E-state index contributed by atoms with van der Waals surface area (Å²) in [6.45, 7) is 14.8. The van der Waals surface area contributed by atoms with Crippen LogP contribution in [-0.2, 0) is 20.9 Å². The van der Waals surface area contributed by atoms with Crippen LogP contribution >= 0.6 is 22.6 Å². The smallest absolute Gasteiger partial charge is 0.331 e. The Balaban J connectivity index is 2.66. The van der Waals surface area contributed by atoms with Gasteiger partial charge >= 0.3 is 5.97 Å². The van der Waals surface area contributed by atoms with Gasteiger partial charge in [0.2, 0.25) is 5.91 Å². The zero-order valence-corrected chi connectivity index (χ0v) is 24.6. The number of rotatable bonds is 8. The summed E-state index contributed by atoms with van der Waals surface area (Å²) in [7, 11) is -0.219. The van der Waals surface area contributed by atoms with Crippen LogP contribution in [-0.4, -0.2) is 37.1 Å². The number of carbonyl (C=O) groups is 2. The van der Waals surface area contributed by atoms with Gasteiger partial charge in [0.1, 0.15) is 11.4 Å². The highest BCUT2D eigenvalue weighted by Gasteiger charge is 2.28. The molecule has 0 spiro atoms. The second kappa shape index (κ2) is 11.5. The van der Waals surface area contributed by atoms with Crippen molar-refractivity contribution in [3.8, 4) is 5.75 Å². The van der Waals surface area contributed by atoms with Crippen LogP contribution in [0.2, 0.25) is 19.6 Å². The lowest BCUT2D eigenvalue weighted by Gasteiger charge is -2.31. The van der Waals surface area contributed by atoms with Crippen molar-refractivity contribution in [2.45, 2.75) is 59.5 Å². The molecule has 0 bridgehead atoms. The van der Waals surface area contributed by atoms with E-state index in [2.05, 4.69) is 48.3 Å². The fourth-order valence-electron chi connectivity index (χ4n) is 3.58. The molecule has 0 saturated heterocycles. The molecule has 0 aliphatic carbocycles. The molecule has 0 aliphatic rings. The summed E-state index contributed by atoms with van der Waals surface area (Å²) in [6, 6.07) is 12.0. The van der Waals surface area contributed by atoms with E-state index in [0.717, 1.165) is 28.1 Å². The quantitative estimate of drug-likeness (QED) is 0.126. The van der Waals surface area contributed by atoms with Crippen LogP contribution < -0.4 is 14.8 Å². The number of esters is 1. The van der Waals surface area contributed by atoms with Gasteiger partial charge in [-0.3, -0.25) is 4.79 Å². The van der Waals surface area contributed by atoms with Crippen molar-refractivity contribution in [2.75, 3.05) is 16.4 Å². The summed E-state index contributed by atoms with van der Waals surface area (Å²) in [5, 5.41) is 1.18. The normalized spacial score (nSPS) is 12.0. The first-order chi connectivity index (χ1) is 15.7. The number of halogens is 1. The first-order valence-electron chi connectivity index (χ1n) is 11.3. The van der Waals surface area contributed by atoms with Gasteiger partial charge in [-0.05, 0) is 68.3 Å². The van der Waals surface area contributed by atoms with E-state index in [4.69, 9.17) is 9.47 Å². The maximum atomic E-state index is 13.3. The number of anilines is 1. The number of methoxy groups -OCH3 is 1. The highest BCUT2D eigenvalue weighted by Crippen LogP contribution is 2.28. The number of alkyl halides is 1. The van der Waals surface area contributed by atoms with Gasteiger partial charge in [0, 0.05) is 6.08 Å². The lowest BCUT2D eigenvalue weighted by atomic mass is 10.1. The first kappa shape index (κ1) is 28.1. The lowest BCUT2D eigenvalue weighted by molar-refractivity contribution is -0.148. The molecule has 0 radical (unpaired) electrons. The summed E-state index contributed by atoms with van der Waals surface area (Å²) in [5.41, 5.74) is 3.24. The average Bonchev–Trinajstić information content (AvgIpc) is 2.74. The topological polar surface area (TPSA) is 55.8 Å². The second-order valence-corrected chi connectivity index (χ2v) is 16.1. The number of hydrogen-bond donors (Lipinski definition) is 0. The largest absolute Gasteiger partial charge is 0.497 e. The molecule has 0 N–H and O–H groups in total. The number of benzene rings is 2. The second-order valence-electron chi connectivity index (χ2n) is 10.3. The SMILES string of the molecule is COc1ccc(CN(C(=O)CI)c2c(/C=C/C(=O)OC(C)(C)C)cc(C)cc2[Si](C)(C)C)cc1. The Hall–Kier alpha value is -2.13. The van der Waals surface area contributed by atoms with Gasteiger partial charge in [0.25, 0.3) is 0 Å². The maximum Gasteiger partial charge on any atom is 0.331 e. The third kappa shape index (κ3) is 7.97. The number of amides is 1. The predicted octanol–water partition coefficient (Wildman–Crippen LogP) is 5.87. The number of ether oxygens (including phenoxy) is 2. The van der Waals surface area contributed by atoms with Gasteiger partial charge in [-0.1, -0.05) is 66.0 Å². The van der Waals surface area contributed by atoms with Crippen LogP contribution in [0.1, 0.15) is 37.5 Å². The fraction of sp³-hybridized carbons (Fsp3) is 0.407. The lowest BCUT2D eigenvalue weighted by Crippen LogP contribution is -2.45. The minimum atomic E-state index is -1.85. The molecule has 1 amide bonds. The van der Waals surface area contributed by atoms with E-state index < -0.39 is 19.6 Å². The van der Waals surface area contributed by atoms with Crippen LogP contribution in [0.25, 0.3) is 6.08 Å². The van der Waals surface area contributed by atoms with Crippen LogP contribution in [0.15, 0.2) is 42.5 Å². The van der Waals surface area contributed by atoms with Crippen molar-refractivity contribution in [3.63, 3.8) is 0 Å². The molecule has 184 valence electrons. The zero-order chi connectivity index (χ0) is 25.7. The Kier molecular flexibility index (Phi) is 9.53. The minimum Gasteiger partial charge on any atom is -0.497 e. The van der Waals surface area contributed by atoms with Gasteiger partial charge in [0.05, 0.1) is 31.8 Å². The molecule has 0 aliphatic heterocycles. The first-order valence-corrected chi connectivity index (χ1v) is 16.3. The van der Waals surface area contributed by atoms with Gasteiger partial charge < -0.3 is 14.4 Å². The zero-order valence-electron chi connectivity index (χ0n) is 21.5. The summed E-state index contributed by atoms with van der Waals surface area (Å²) in [4.78, 5) is 27.6. The molecular formula is C27H36INO4Si. The van der Waals surface area contributed by atoms with Crippen LogP contribution in [0.4, 0.5) is 5.69 Å². The Bertz CT molecular complexity index is 1050. The van der Waals surface area contributed by atoms with E-state index in [1.165, 1.54) is 11.3 Å². The highest BCUT2D eigenvalue weighted by atomic mass is 127. The van der Waals surface area contributed by atoms with Crippen molar-refractivity contribution in [3.05, 3.63) is 59.2 Å². The monoisotopic (exact) mass is 593 g/mol. The molecule has 2 aromatic rings. The Morgan fingerprint density at radius 3 is 2.21 bits per heavy atom. The van der Waals surface area contributed by atoms with Crippen molar-refractivity contribution < 1.29 is 19.1 Å². The van der Waals surface area contributed by atoms with Crippen LogP contribution in [0, 0.1) is 6.92 Å². The van der Waals surface area contributed by atoms with E-state index >= 15 is 0 Å². The highest BCUT2D eigenvalue weighted by molar-refractivity contribution is 14.1. The third-order valence-corrected chi connectivity index (χ3v) is 7.73. The molecule has 0 fully saturated rings. The molecule has 5 nitrogen and oxygen atoms in total. The van der Waals surface area contributed by atoms with Crippen LogP contribution in [0.3, 0.4) is 0 Å². The number of aryl methyl sites for hydroxylation is 1. The Morgan fingerprint density at radius 1 is 1.09 bits per heavy atom. The summed E-state index contributed by atoms with van der Waals surface area (Å²) in [5.74, 6) is 0.387. The Morgan fingerprint density at radius 2 is 1.71 bits per heavy atom. The Labute approximate surface area is 218 Å². The molecule has 2 aromatic carbocycles. The molecule has 7 heteroatoms. The third-order valence-electron chi connectivity index (χ3n) is 5.08. The molecule has 0 heterocycles. The van der Waals surface area contributed by atoms with Crippen molar-refractivity contribution in [1.82, 2.24) is 0 Å². The summed E-state index contributed by atoms with van der Waals surface area (Å²) in [6.07, 6.45) is 3.24. The van der Waals surface area contributed by atoms with Gasteiger partial charge in [0.15, 0.2) is 0 Å². The van der Waals surface area contributed by atoms with E-state index in [-0.39, 0.29) is 5.91 Å². The maximum absolute atomic E-state index is 13.3. The molecule has 0 atom stereocenters. The summed E-state index contributed by atoms with van der Waals surface area (Å²) >= 11 is 2.12. The number of carbonyl (C=O) groups excluding carboxylic acids is 2. The summed E-state index contributed by atoms with van der Waals surface area (Å²) < 4.78 is 11.1. The van der Waals surface area contributed by atoms with E-state index in [1.807, 2.05) is 62.9 Å². The predicted molar refractivity (Wildman–Crippen MR) is 152 cm³/mol. The van der Waals surface area contributed by atoms with E-state index in [9.17, 15) is 9.59 Å². The van der Waals surface area contributed by atoms with Gasteiger partial charge in [-0.15, -0.1) is 0 Å². The molecular weight excluding hydrogens is 557 g/mol. The van der Waals surface area contributed by atoms with Crippen molar-refractivity contribution in [1.29, 1.82) is 0 Å². The average molecular weight is 594 g/mol. The van der Waals surface area contributed by atoms with E-state index in [0.29, 0.717) is 11.0 Å².